The van der Waals surface area contributed by atoms with Crippen LogP contribution in [0.4, 0.5) is 0 Å². The van der Waals surface area contributed by atoms with Crippen LogP contribution in [0.2, 0.25) is 0 Å². The van der Waals surface area contributed by atoms with E-state index in [1.54, 1.807) is 0 Å². The fourth-order valence-corrected chi connectivity index (χ4v) is 2.34. The largest absolute Gasteiger partial charge is 0.364 e. The van der Waals surface area contributed by atoms with E-state index in [-0.39, 0.29) is 0 Å². The summed E-state index contributed by atoms with van der Waals surface area (Å²) in [6, 6.07) is 15.5. The fraction of sp³-hybridized carbons (Fsp3) is 0.333. The molecule has 2 aromatic rings. The molecule has 1 aromatic carbocycles. The average Bonchev–Trinajstić information content (AvgIpc) is 3.07. The molecule has 0 aliphatic heterocycles. The van der Waals surface area contributed by atoms with Gasteiger partial charge in [-0.2, -0.15) is 0 Å². The molecule has 0 amide bonds. The molecule has 1 atom stereocenters. The van der Waals surface area contributed by atoms with Gasteiger partial charge in [-0.15, -0.1) is 0 Å². The molecule has 0 saturated heterocycles. The lowest BCUT2D eigenvalue weighted by molar-refractivity contribution is 0.477. The van der Waals surface area contributed by atoms with E-state index in [1.165, 1.54) is 24.1 Å². The van der Waals surface area contributed by atoms with Gasteiger partial charge in [0, 0.05) is 24.5 Å². The summed E-state index contributed by atoms with van der Waals surface area (Å²) >= 11 is 0. The number of benzene rings is 1. The summed E-state index contributed by atoms with van der Waals surface area (Å²) in [6.07, 6.45) is 4.69. The molecule has 1 heterocycles. The van der Waals surface area contributed by atoms with Gasteiger partial charge in [-0.05, 0) is 36.5 Å². The highest BCUT2D eigenvalue weighted by Crippen LogP contribution is 2.40. The monoisotopic (exact) mass is 226 g/mol. The Labute approximate surface area is 102 Å². The third-order valence-corrected chi connectivity index (χ3v) is 3.43. The van der Waals surface area contributed by atoms with Gasteiger partial charge < -0.3 is 10.3 Å². The predicted octanol–water partition coefficient (Wildman–Crippen LogP) is 3.26. The van der Waals surface area contributed by atoms with E-state index in [4.69, 9.17) is 0 Å². The minimum atomic E-state index is 0.513. The van der Waals surface area contributed by atoms with Crippen molar-refractivity contribution in [2.45, 2.75) is 25.4 Å². The third-order valence-electron chi connectivity index (χ3n) is 3.43. The average molecular weight is 226 g/mol. The molecular formula is C15H18N2. The zero-order valence-electron chi connectivity index (χ0n) is 9.89. The normalized spacial score (nSPS) is 16.9. The second kappa shape index (κ2) is 4.76. The molecule has 1 aliphatic rings. The maximum atomic E-state index is 3.67. The Kier molecular flexibility index (Phi) is 2.97. The van der Waals surface area contributed by atoms with Crippen molar-refractivity contribution < 1.29 is 0 Å². The van der Waals surface area contributed by atoms with Crippen molar-refractivity contribution in [3.63, 3.8) is 0 Å². The summed E-state index contributed by atoms with van der Waals surface area (Å²) in [5.41, 5.74) is 2.67. The molecule has 2 heteroatoms. The maximum absolute atomic E-state index is 3.67. The molecule has 1 unspecified atom stereocenters. The summed E-state index contributed by atoms with van der Waals surface area (Å²) in [4.78, 5) is 3.24. The Morgan fingerprint density at radius 2 is 1.94 bits per heavy atom. The van der Waals surface area contributed by atoms with Crippen molar-refractivity contribution >= 4 is 0 Å². The Bertz CT molecular complexity index is 443. The highest BCUT2D eigenvalue weighted by Gasteiger charge is 2.31. The van der Waals surface area contributed by atoms with Gasteiger partial charge in [0.1, 0.15) is 0 Å². The standard InChI is InChI=1S/C15H18N2/c1-2-5-12(6-3-1)15(13-8-9-13)17-11-14-7-4-10-16-14/h1-7,10,13,15-17H,8-9,11H2. The Morgan fingerprint density at radius 1 is 1.12 bits per heavy atom. The molecule has 0 bridgehead atoms. The van der Waals surface area contributed by atoms with E-state index in [0.717, 1.165) is 12.5 Å². The number of hydrogen-bond donors (Lipinski definition) is 2. The molecule has 88 valence electrons. The molecular weight excluding hydrogens is 208 g/mol. The predicted molar refractivity (Wildman–Crippen MR) is 69.5 cm³/mol. The van der Waals surface area contributed by atoms with Crippen LogP contribution < -0.4 is 5.32 Å². The highest BCUT2D eigenvalue weighted by molar-refractivity contribution is 5.21. The Morgan fingerprint density at radius 3 is 2.59 bits per heavy atom. The van der Waals surface area contributed by atoms with Crippen LogP contribution in [0.15, 0.2) is 48.7 Å². The Balaban J connectivity index is 1.68. The second-order valence-corrected chi connectivity index (χ2v) is 4.80. The number of hydrogen-bond acceptors (Lipinski definition) is 1. The molecule has 2 nitrogen and oxygen atoms in total. The van der Waals surface area contributed by atoms with Crippen molar-refractivity contribution in [1.82, 2.24) is 10.3 Å². The van der Waals surface area contributed by atoms with Gasteiger partial charge in [-0.1, -0.05) is 30.3 Å². The number of aromatic nitrogens is 1. The lowest BCUT2D eigenvalue weighted by Gasteiger charge is -2.18. The molecule has 3 rings (SSSR count). The third kappa shape index (κ3) is 2.59. The number of rotatable bonds is 5. The van der Waals surface area contributed by atoms with Crippen molar-refractivity contribution in [3.05, 3.63) is 59.9 Å². The molecule has 0 spiro atoms. The van der Waals surface area contributed by atoms with Gasteiger partial charge in [0.25, 0.3) is 0 Å². The smallest absolute Gasteiger partial charge is 0.0362 e. The van der Waals surface area contributed by atoms with Crippen LogP contribution in [-0.2, 0) is 6.54 Å². The van der Waals surface area contributed by atoms with Gasteiger partial charge in [-0.25, -0.2) is 0 Å². The summed E-state index contributed by atoms with van der Waals surface area (Å²) in [6.45, 7) is 0.920. The Hall–Kier alpha value is -1.54. The molecule has 1 fully saturated rings. The molecule has 2 N–H and O–H groups in total. The lowest BCUT2D eigenvalue weighted by atomic mass is 10.0. The lowest BCUT2D eigenvalue weighted by Crippen LogP contribution is -2.22. The van der Waals surface area contributed by atoms with E-state index in [1.807, 2.05) is 12.3 Å². The first-order chi connectivity index (χ1) is 8.43. The fourth-order valence-electron chi connectivity index (χ4n) is 2.34. The highest BCUT2D eigenvalue weighted by atomic mass is 14.9. The van der Waals surface area contributed by atoms with E-state index in [2.05, 4.69) is 46.7 Å². The zero-order chi connectivity index (χ0) is 11.5. The number of aromatic amines is 1. The second-order valence-electron chi connectivity index (χ2n) is 4.80. The maximum Gasteiger partial charge on any atom is 0.0362 e. The van der Waals surface area contributed by atoms with Gasteiger partial charge >= 0.3 is 0 Å². The van der Waals surface area contributed by atoms with Gasteiger partial charge in [-0.3, -0.25) is 0 Å². The first kappa shape index (κ1) is 10.6. The first-order valence-corrected chi connectivity index (χ1v) is 6.34. The SMILES string of the molecule is c1ccc(C(NCc2ccc[nH]2)C2CC2)cc1. The molecule has 17 heavy (non-hydrogen) atoms. The van der Waals surface area contributed by atoms with E-state index >= 15 is 0 Å². The summed E-state index contributed by atoms with van der Waals surface area (Å²) in [5, 5.41) is 3.67. The quantitative estimate of drug-likeness (QED) is 0.804. The van der Waals surface area contributed by atoms with Crippen molar-refractivity contribution in [3.8, 4) is 0 Å². The van der Waals surface area contributed by atoms with Crippen LogP contribution in [-0.4, -0.2) is 4.98 Å². The van der Waals surface area contributed by atoms with Crippen LogP contribution in [0, 0.1) is 5.92 Å². The molecule has 1 aromatic heterocycles. The van der Waals surface area contributed by atoms with Crippen LogP contribution >= 0.6 is 0 Å². The van der Waals surface area contributed by atoms with Gasteiger partial charge in [0.2, 0.25) is 0 Å². The van der Waals surface area contributed by atoms with E-state index in [0.29, 0.717) is 6.04 Å². The molecule has 1 saturated carbocycles. The van der Waals surface area contributed by atoms with Crippen molar-refractivity contribution in [2.24, 2.45) is 5.92 Å². The topological polar surface area (TPSA) is 27.8 Å². The zero-order valence-corrected chi connectivity index (χ0v) is 9.89. The van der Waals surface area contributed by atoms with E-state index in [9.17, 15) is 0 Å². The van der Waals surface area contributed by atoms with Gasteiger partial charge in [0.05, 0.1) is 0 Å². The molecule has 1 aliphatic carbocycles. The van der Waals surface area contributed by atoms with Crippen LogP contribution in [0.1, 0.15) is 30.1 Å². The van der Waals surface area contributed by atoms with Gasteiger partial charge in [0.15, 0.2) is 0 Å². The number of nitrogens with one attached hydrogen (secondary N) is 2. The summed E-state index contributed by atoms with van der Waals surface area (Å²) < 4.78 is 0. The van der Waals surface area contributed by atoms with Crippen molar-refractivity contribution in [2.75, 3.05) is 0 Å². The van der Waals surface area contributed by atoms with Crippen LogP contribution in [0.25, 0.3) is 0 Å². The van der Waals surface area contributed by atoms with Crippen molar-refractivity contribution in [1.29, 1.82) is 0 Å². The molecule has 0 radical (unpaired) electrons. The van der Waals surface area contributed by atoms with Crippen LogP contribution in [0.5, 0.6) is 0 Å². The minimum absolute atomic E-state index is 0.513. The van der Waals surface area contributed by atoms with E-state index < -0.39 is 0 Å². The van der Waals surface area contributed by atoms with Crippen LogP contribution in [0.3, 0.4) is 0 Å². The summed E-state index contributed by atoms with van der Waals surface area (Å²) in [7, 11) is 0. The summed E-state index contributed by atoms with van der Waals surface area (Å²) in [5.74, 6) is 0.826. The number of H-pyrrole nitrogens is 1. The minimum Gasteiger partial charge on any atom is -0.364 e. The first-order valence-electron chi connectivity index (χ1n) is 6.34.